The van der Waals surface area contributed by atoms with Crippen LogP contribution in [-0.2, 0) is 4.79 Å². The molecule has 0 saturated carbocycles. The van der Waals surface area contributed by atoms with E-state index in [0.29, 0.717) is 11.3 Å². The normalized spacial score (nSPS) is 12.0. The highest BCUT2D eigenvalue weighted by atomic mass is 19.3. The first-order valence-electron chi connectivity index (χ1n) is 7.28. The highest BCUT2D eigenvalue weighted by Crippen LogP contribution is 2.18. The molecule has 0 radical (unpaired) electrons. The molecule has 0 saturated heterocycles. The van der Waals surface area contributed by atoms with Crippen LogP contribution in [0.1, 0.15) is 18.5 Å². The Morgan fingerprint density at radius 2 is 1.79 bits per heavy atom. The van der Waals surface area contributed by atoms with E-state index in [0.717, 1.165) is 0 Å². The van der Waals surface area contributed by atoms with Gasteiger partial charge in [0, 0.05) is 17.3 Å². The zero-order chi connectivity index (χ0) is 17.5. The molecule has 2 N–H and O–H groups in total. The van der Waals surface area contributed by atoms with Crippen LogP contribution in [0, 0.1) is 5.82 Å². The summed E-state index contributed by atoms with van der Waals surface area (Å²) in [5.74, 6) is -0.664. The number of hydrogen-bond acceptors (Lipinski definition) is 3. The van der Waals surface area contributed by atoms with Crippen molar-refractivity contribution in [1.29, 1.82) is 0 Å². The van der Waals surface area contributed by atoms with Gasteiger partial charge in [-0.15, -0.1) is 0 Å². The van der Waals surface area contributed by atoms with Crippen LogP contribution in [-0.4, -0.2) is 19.1 Å². The molecule has 0 heterocycles. The predicted molar refractivity (Wildman–Crippen MR) is 84.5 cm³/mol. The van der Waals surface area contributed by atoms with Crippen molar-refractivity contribution in [3.8, 4) is 5.75 Å². The molecular formula is C17H17F3N2O2. The number of ether oxygens (including phenoxy) is 1. The van der Waals surface area contributed by atoms with E-state index >= 15 is 0 Å². The number of carbonyl (C=O) groups excluding carboxylic acids is 1. The number of nitrogens with one attached hydrogen (secondary N) is 2. The van der Waals surface area contributed by atoms with E-state index in [1.807, 2.05) is 0 Å². The lowest BCUT2D eigenvalue weighted by Gasteiger charge is -2.15. The van der Waals surface area contributed by atoms with Crippen LogP contribution in [0.15, 0.2) is 48.5 Å². The molecule has 0 fully saturated rings. The molecule has 1 amide bonds. The number of hydrogen-bond donors (Lipinski definition) is 2. The van der Waals surface area contributed by atoms with E-state index in [9.17, 15) is 18.0 Å². The minimum absolute atomic E-state index is 0.00861. The largest absolute Gasteiger partial charge is 0.435 e. The van der Waals surface area contributed by atoms with Gasteiger partial charge >= 0.3 is 6.61 Å². The maximum absolute atomic E-state index is 13.6. The van der Waals surface area contributed by atoms with E-state index < -0.39 is 6.61 Å². The molecule has 0 aromatic heterocycles. The first kappa shape index (κ1) is 17.8. The molecule has 24 heavy (non-hydrogen) atoms. The first-order valence-corrected chi connectivity index (χ1v) is 7.28. The standard InChI is InChI=1S/C17H17F3N2O2/c1-11(14-4-2-3-5-15(14)18)21-10-16(23)22-12-6-8-13(9-7-12)24-17(19)20/h2-9,11,17,21H,10H2,1H3,(H,22,23). The number of anilines is 1. The van der Waals surface area contributed by atoms with Crippen molar-refractivity contribution in [1.82, 2.24) is 5.32 Å². The van der Waals surface area contributed by atoms with Crippen molar-refractivity contribution < 1.29 is 22.7 Å². The van der Waals surface area contributed by atoms with Crippen LogP contribution in [0.5, 0.6) is 5.75 Å². The van der Waals surface area contributed by atoms with Gasteiger partial charge in [-0.3, -0.25) is 4.79 Å². The fraction of sp³-hybridized carbons (Fsp3) is 0.235. The molecule has 4 nitrogen and oxygen atoms in total. The van der Waals surface area contributed by atoms with E-state index in [2.05, 4.69) is 15.4 Å². The summed E-state index contributed by atoms with van der Waals surface area (Å²) >= 11 is 0. The van der Waals surface area contributed by atoms with Gasteiger partial charge in [0.25, 0.3) is 0 Å². The zero-order valence-corrected chi connectivity index (χ0v) is 12.9. The lowest BCUT2D eigenvalue weighted by Crippen LogP contribution is -2.30. The Labute approximate surface area is 137 Å². The molecule has 0 bridgehead atoms. The van der Waals surface area contributed by atoms with Gasteiger partial charge in [-0.1, -0.05) is 18.2 Å². The summed E-state index contributed by atoms with van der Waals surface area (Å²) in [5.41, 5.74) is 0.917. The Bertz CT molecular complexity index is 678. The maximum Gasteiger partial charge on any atom is 0.387 e. The Hall–Kier alpha value is -2.54. The van der Waals surface area contributed by atoms with Gasteiger partial charge in [-0.2, -0.15) is 8.78 Å². The van der Waals surface area contributed by atoms with Crippen LogP contribution < -0.4 is 15.4 Å². The third-order valence-electron chi connectivity index (χ3n) is 3.30. The second kappa shape index (κ2) is 8.35. The third kappa shape index (κ3) is 5.27. The number of halogens is 3. The van der Waals surface area contributed by atoms with Crippen LogP contribution in [0.25, 0.3) is 0 Å². The smallest absolute Gasteiger partial charge is 0.387 e. The molecular weight excluding hydrogens is 321 g/mol. The fourth-order valence-electron chi connectivity index (χ4n) is 2.11. The summed E-state index contributed by atoms with van der Waals surface area (Å²) in [4.78, 5) is 11.9. The molecule has 2 aromatic carbocycles. The predicted octanol–water partition coefficient (Wildman–Crippen LogP) is 3.72. The number of amides is 1. The summed E-state index contributed by atoms with van der Waals surface area (Å²) in [6, 6.07) is 11.6. The number of alkyl halides is 2. The topological polar surface area (TPSA) is 50.4 Å². The quantitative estimate of drug-likeness (QED) is 0.809. The second-order valence-electron chi connectivity index (χ2n) is 5.08. The van der Waals surface area contributed by atoms with Crippen molar-refractivity contribution in [3.63, 3.8) is 0 Å². The van der Waals surface area contributed by atoms with Crippen molar-refractivity contribution in [2.24, 2.45) is 0 Å². The number of benzene rings is 2. The van der Waals surface area contributed by atoms with Crippen LogP contribution >= 0.6 is 0 Å². The molecule has 128 valence electrons. The monoisotopic (exact) mass is 338 g/mol. The lowest BCUT2D eigenvalue weighted by atomic mass is 10.1. The molecule has 0 spiro atoms. The summed E-state index contributed by atoms with van der Waals surface area (Å²) < 4.78 is 42.0. The maximum atomic E-state index is 13.6. The van der Waals surface area contributed by atoms with Crippen LogP contribution in [0.2, 0.25) is 0 Å². The van der Waals surface area contributed by atoms with Crippen LogP contribution in [0.3, 0.4) is 0 Å². The van der Waals surface area contributed by atoms with Gasteiger partial charge in [0.05, 0.1) is 6.54 Å². The first-order chi connectivity index (χ1) is 11.5. The van der Waals surface area contributed by atoms with Gasteiger partial charge in [-0.25, -0.2) is 4.39 Å². The van der Waals surface area contributed by atoms with Gasteiger partial charge in [0.1, 0.15) is 11.6 Å². The van der Waals surface area contributed by atoms with Crippen molar-refractivity contribution in [2.75, 3.05) is 11.9 Å². The van der Waals surface area contributed by atoms with Gasteiger partial charge < -0.3 is 15.4 Å². The summed E-state index contributed by atoms with van der Waals surface area (Å²) in [7, 11) is 0. The summed E-state index contributed by atoms with van der Waals surface area (Å²) in [6.07, 6.45) is 0. The lowest BCUT2D eigenvalue weighted by molar-refractivity contribution is -0.115. The van der Waals surface area contributed by atoms with E-state index in [1.165, 1.54) is 30.3 Å². The zero-order valence-electron chi connectivity index (χ0n) is 12.9. The van der Waals surface area contributed by atoms with Crippen molar-refractivity contribution >= 4 is 11.6 Å². The molecule has 0 aliphatic rings. The Kier molecular flexibility index (Phi) is 6.20. The average molecular weight is 338 g/mol. The van der Waals surface area contributed by atoms with E-state index in [1.54, 1.807) is 25.1 Å². The molecule has 7 heteroatoms. The number of carbonyl (C=O) groups is 1. The number of rotatable bonds is 7. The average Bonchev–Trinajstić information content (AvgIpc) is 2.54. The van der Waals surface area contributed by atoms with Gasteiger partial charge in [-0.05, 0) is 37.3 Å². The fourth-order valence-corrected chi connectivity index (χ4v) is 2.11. The highest BCUT2D eigenvalue weighted by Gasteiger charge is 2.11. The second-order valence-corrected chi connectivity index (χ2v) is 5.08. The van der Waals surface area contributed by atoms with E-state index in [-0.39, 0.29) is 30.1 Å². The molecule has 1 atom stereocenters. The van der Waals surface area contributed by atoms with E-state index in [4.69, 9.17) is 0 Å². The molecule has 2 aromatic rings. The van der Waals surface area contributed by atoms with Crippen LogP contribution in [0.4, 0.5) is 18.9 Å². The highest BCUT2D eigenvalue weighted by molar-refractivity contribution is 5.92. The van der Waals surface area contributed by atoms with Crippen molar-refractivity contribution in [3.05, 3.63) is 59.9 Å². The Morgan fingerprint density at radius 1 is 1.12 bits per heavy atom. The van der Waals surface area contributed by atoms with Gasteiger partial charge in [0.15, 0.2) is 0 Å². The molecule has 2 rings (SSSR count). The SMILES string of the molecule is CC(NCC(=O)Nc1ccc(OC(F)F)cc1)c1ccccc1F. The van der Waals surface area contributed by atoms with Crippen molar-refractivity contribution in [2.45, 2.75) is 19.6 Å². The minimum Gasteiger partial charge on any atom is -0.435 e. The third-order valence-corrected chi connectivity index (χ3v) is 3.30. The summed E-state index contributed by atoms with van der Waals surface area (Å²) in [5, 5.41) is 5.53. The summed E-state index contributed by atoms with van der Waals surface area (Å²) in [6.45, 7) is -1.16. The Balaban J connectivity index is 1.84. The minimum atomic E-state index is -2.89. The molecule has 0 aliphatic heterocycles. The molecule has 0 aliphatic carbocycles. The van der Waals surface area contributed by atoms with Gasteiger partial charge in [0.2, 0.25) is 5.91 Å². The molecule has 1 unspecified atom stereocenters. The Morgan fingerprint density at radius 3 is 2.42 bits per heavy atom.